The third-order valence-corrected chi connectivity index (χ3v) is 3.13. The van der Waals surface area contributed by atoms with E-state index in [-0.39, 0.29) is 0 Å². The average molecular weight is 257 g/mol. The van der Waals surface area contributed by atoms with Crippen molar-refractivity contribution in [2.45, 2.75) is 39.8 Å². The maximum Gasteiger partial charge on any atom is 0.128 e. The summed E-state index contributed by atoms with van der Waals surface area (Å²) in [5.41, 5.74) is 3.22. The van der Waals surface area contributed by atoms with Gasteiger partial charge in [-0.3, -0.25) is 4.98 Å². The number of hydrogen-bond acceptors (Lipinski definition) is 3. The monoisotopic (exact) mass is 256 g/mol. The average Bonchev–Trinajstić information content (AvgIpc) is 2.29. The molecule has 1 aromatic rings. The third kappa shape index (κ3) is 3.86. The number of aromatic nitrogens is 1. The van der Waals surface area contributed by atoms with E-state index in [1.165, 1.54) is 0 Å². The molecule has 0 saturated heterocycles. The molecule has 0 saturated carbocycles. The van der Waals surface area contributed by atoms with Gasteiger partial charge in [0, 0.05) is 35.8 Å². The van der Waals surface area contributed by atoms with Gasteiger partial charge in [0.25, 0.3) is 0 Å². The topological polar surface area (TPSA) is 34.1 Å². The normalized spacial score (nSPS) is 12.5. The van der Waals surface area contributed by atoms with Crippen molar-refractivity contribution >= 4 is 11.6 Å². The Morgan fingerprint density at radius 3 is 2.76 bits per heavy atom. The van der Waals surface area contributed by atoms with Crippen LogP contribution in [0.1, 0.15) is 30.2 Å². The lowest BCUT2D eigenvalue weighted by Crippen LogP contribution is -2.26. The molecule has 0 aliphatic carbocycles. The minimum absolute atomic E-state index is 0.404. The Labute approximate surface area is 109 Å². The molecule has 0 radical (unpaired) electrons. The van der Waals surface area contributed by atoms with E-state index < -0.39 is 0 Å². The van der Waals surface area contributed by atoms with Gasteiger partial charge in [0.2, 0.25) is 0 Å². The summed E-state index contributed by atoms with van der Waals surface area (Å²) in [5.74, 6) is 1.61. The molecule has 0 amide bonds. The molecule has 1 aromatic heterocycles. The summed E-state index contributed by atoms with van der Waals surface area (Å²) in [5, 5.41) is 3.41. The number of nitrogens with one attached hydrogen (secondary N) is 1. The van der Waals surface area contributed by atoms with Crippen molar-refractivity contribution in [3.63, 3.8) is 0 Å². The second-order valence-electron chi connectivity index (χ2n) is 4.31. The van der Waals surface area contributed by atoms with Crippen molar-refractivity contribution < 1.29 is 4.74 Å². The van der Waals surface area contributed by atoms with Crippen LogP contribution in [-0.4, -0.2) is 24.0 Å². The molecular weight excluding hydrogens is 236 g/mol. The summed E-state index contributed by atoms with van der Waals surface area (Å²) in [6, 6.07) is 0.404. The van der Waals surface area contributed by atoms with Crippen LogP contribution in [0.25, 0.3) is 0 Å². The molecule has 0 bridgehead atoms. The summed E-state index contributed by atoms with van der Waals surface area (Å²) in [4.78, 5) is 4.44. The minimum atomic E-state index is 0.404. The zero-order chi connectivity index (χ0) is 12.8. The second kappa shape index (κ2) is 6.82. The van der Waals surface area contributed by atoms with Crippen LogP contribution in [0.15, 0.2) is 6.20 Å². The van der Waals surface area contributed by atoms with Crippen molar-refractivity contribution in [1.29, 1.82) is 0 Å². The number of alkyl halides is 1. The number of pyridine rings is 1. The molecule has 1 atom stereocenters. The first-order chi connectivity index (χ1) is 8.10. The second-order valence-corrected chi connectivity index (χ2v) is 4.68. The molecule has 0 spiro atoms. The number of halogens is 1. The van der Waals surface area contributed by atoms with Crippen molar-refractivity contribution in [3.8, 4) is 5.75 Å². The molecule has 4 heteroatoms. The van der Waals surface area contributed by atoms with Gasteiger partial charge in [-0.1, -0.05) is 0 Å². The fourth-order valence-corrected chi connectivity index (χ4v) is 2.11. The van der Waals surface area contributed by atoms with Crippen LogP contribution in [-0.2, 0) is 6.54 Å². The van der Waals surface area contributed by atoms with Gasteiger partial charge in [0.05, 0.1) is 12.8 Å². The van der Waals surface area contributed by atoms with Crippen LogP contribution in [0.3, 0.4) is 0 Å². The molecular formula is C13H21ClN2O. The number of methoxy groups -OCH3 is 1. The Balaban J connectivity index is 2.72. The van der Waals surface area contributed by atoms with E-state index in [1.54, 1.807) is 7.11 Å². The number of rotatable bonds is 6. The largest absolute Gasteiger partial charge is 0.496 e. The van der Waals surface area contributed by atoms with E-state index >= 15 is 0 Å². The van der Waals surface area contributed by atoms with Crippen LogP contribution in [0, 0.1) is 13.8 Å². The zero-order valence-corrected chi connectivity index (χ0v) is 11.8. The molecule has 1 unspecified atom stereocenters. The molecule has 17 heavy (non-hydrogen) atoms. The fraction of sp³-hybridized carbons (Fsp3) is 0.615. The number of hydrogen-bond donors (Lipinski definition) is 1. The van der Waals surface area contributed by atoms with Crippen molar-refractivity contribution in [2.75, 3.05) is 13.0 Å². The van der Waals surface area contributed by atoms with Crippen LogP contribution in [0.5, 0.6) is 5.75 Å². The van der Waals surface area contributed by atoms with Gasteiger partial charge in [-0.15, -0.1) is 11.6 Å². The standard InChI is InChI=1S/C13H21ClN2O/c1-9-7-16-12(11(3)13(9)17-4)8-15-10(2)5-6-14/h7,10,15H,5-6,8H2,1-4H3. The molecule has 3 nitrogen and oxygen atoms in total. The fourth-order valence-electron chi connectivity index (χ4n) is 1.79. The lowest BCUT2D eigenvalue weighted by atomic mass is 10.1. The van der Waals surface area contributed by atoms with Gasteiger partial charge in [0.1, 0.15) is 5.75 Å². The first-order valence-corrected chi connectivity index (χ1v) is 6.42. The highest BCUT2D eigenvalue weighted by Gasteiger charge is 2.10. The number of nitrogens with zero attached hydrogens (tertiary/aromatic N) is 1. The summed E-state index contributed by atoms with van der Waals surface area (Å²) in [6.45, 7) is 6.93. The van der Waals surface area contributed by atoms with E-state index in [1.807, 2.05) is 20.0 Å². The van der Waals surface area contributed by atoms with Crippen LogP contribution in [0.4, 0.5) is 0 Å². The van der Waals surface area contributed by atoms with Crippen molar-refractivity contribution in [1.82, 2.24) is 10.3 Å². The molecule has 0 aromatic carbocycles. The van der Waals surface area contributed by atoms with Crippen LogP contribution in [0.2, 0.25) is 0 Å². The predicted molar refractivity (Wildman–Crippen MR) is 71.9 cm³/mol. The van der Waals surface area contributed by atoms with E-state index in [0.717, 1.165) is 35.5 Å². The lowest BCUT2D eigenvalue weighted by molar-refractivity contribution is 0.406. The van der Waals surface area contributed by atoms with E-state index in [4.69, 9.17) is 16.3 Å². The first kappa shape index (κ1) is 14.3. The van der Waals surface area contributed by atoms with Gasteiger partial charge in [-0.05, 0) is 27.2 Å². The number of ether oxygens (including phenoxy) is 1. The van der Waals surface area contributed by atoms with E-state index in [9.17, 15) is 0 Å². The highest BCUT2D eigenvalue weighted by atomic mass is 35.5. The highest BCUT2D eigenvalue weighted by Crippen LogP contribution is 2.23. The van der Waals surface area contributed by atoms with Gasteiger partial charge >= 0.3 is 0 Å². The van der Waals surface area contributed by atoms with Crippen molar-refractivity contribution in [3.05, 3.63) is 23.0 Å². The minimum Gasteiger partial charge on any atom is -0.496 e. The molecule has 0 aliphatic heterocycles. The van der Waals surface area contributed by atoms with E-state index in [0.29, 0.717) is 11.9 Å². The lowest BCUT2D eigenvalue weighted by Gasteiger charge is -2.15. The first-order valence-electron chi connectivity index (χ1n) is 5.88. The SMILES string of the molecule is COc1c(C)cnc(CNC(C)CCCl)c1C. The van der Waals surface area contributed by atoms with Gasteiger partial charge in [0.15, 0.2) is 0 Å². The Bertz CT molecular complexity index is 369. The van der Waals surface area contributed by atoms with E-state index in [2.05, 4.69) is 17.2 Å². The summed E-state index contributed by atoms with van der Waals surface area (Å²) < 4.78 is 5.38. The molecule has 0 fully saturated rings. The summed E-state index contributed by atoms with van der Waals surface area (Å²) >= 11 is 5.70. The van der Waals surface area contributed by atoms with Crippen LogP contribution >= 0.6 is 11.6 Å². The van der Waals surface area contributed by atoms with Crippen LogP contribution < -0.4 is 10.1 Å². The van der Waals surface area contributed by atoms with Crippen molar-refractivity contribution in [2.24, 2.45) is 0 Å². The zero-order valence-electron chi connectivity index (χ0n) is 11.0. The molecule has 0 aliphatic rings. The Hall–Kier alpha value is -0.800. The Morgan fingerprint density at radius 2 is 2.18 bits per heavy atom. The highest BCUT2D eigenvalue weighted by molar-refractivity contribution is 6.17. The third-order valence-electron chi connectivity index (χ3n) is 2.91. The molecule has 96 valence electrons. The molecule has 1 heterocycles. The summed E-state index contributed by atoms with van der Waals surface area (Å²) in [6.07, 6.45) is 2.82. The van der Waals surface area contributed by atoms with Gasteiger partial charge in [-0.2, -0.15) is 0 Å². The summed E-state index contributed by atoms with van der Waals surface area (Å²) in [7, 11) is 1.70. The maximum absolute atomic E-state index is 5.70. The van der Waals surface area contributed by atoms with Gasteiger partial charge < -0.3 is 10.1 Å². The number of aryl methyl sites for hydroxylation is 1. The Morgan fingerprint density at radius 1 is 1.47 bits per heavy atom. The van der Waals surface area contributed by atoms with Gasteiger partial charge in [-0.25, -0.2) is 0 Å². The molecule has 1 N–H and O–H groups in total. The maximum atomic E-state index is 5.70. The Kier molecular flexibility index (Phi) is 5.72. The smallest absolute Gasteiger partial charge is 0.128 e. The predicted octanol–water partition coefficient (Wildman–Crippen LogP) is 2.81. The molecule has 1 rings (SSSR count). The quantitative estimate of drug-likeness (QED) is 0.795.